The highest BCUT2D eigenvalue weighted by atomic mass is 16.5. The Morgan fingerprint density at radius 3 is 2.19 bits per heavy atom. The van der Waals surface area contributed by atoms with Gasteiger partial charge in [0.15, 0.2) is 11.9 Å². The van der Waals surface area contributed by atoms with Gasteiger partial charge in [0, 0.05) is 64.6 Å². The van der Waals surface area contributed by atoms with Crippen LogP contribution in [0.2, 0.25) is 0 Å². The quantitative estimate of drug-likeness (QED) is 0.0602. The third kappa shape index (κ3) is 9.24. The predicted octanol–water partition coefficient (Wildman–Crippen LogP) is 2.19. The van der Waals surface area contributed by atoms with E-state index in [-0.39, 0.29) is 24.0 Å². The van der Waals surface area contributed by atoms with Crippen LogP contribution in [0.1, 0.15) is 66.9 Å². The first-order chi connectivity index (χ1) is 30.3. The molecule has 2 unspecified atom stereocenters. The van der Waals surface area contributed by atoms with Crippen LogP contribution in [0.3, 0.4) is 0 Å². The SMILES string of the molecule is CCn1nc(C)c(N)c1C=O.CCn1nc(C)cc1C(=O)Nc1nc2cc(C(N)=O)cnc2n1C/C=C/Cn1c(NC)nc2cc(C(N)=O)cc(OCCN3CC4CNCC4C3)c21. The second kappa shape index (κ2) is 18.9. The molecule has 6 aromatic rings. The lowest BCUT2D eigenvalue weighted by atomic mass is 10.0. The largest absolute Gasteiger partial charge is 0.490 e. The van der Waals surface area contributed by atoms with Gasteiger partial charge in [-0.05, 0) is 76.9 Å². The van der Waals surface area contributed by atoms with Gasteiger partial charge in [-0.15, -0.1) is 0 Å². The van der Waals surface area contributed by atoms with Crippen LogP contribution in [0.5, 0.6) is 5.75 Å². The number of rotatable bonds is 16. The van der Waals surface area contributed by atoms with Gasteiger partial charge in [-0.2, -0.15) is 10.2 Å². The Morgan fingerprint density at radius 2 is 1.56 bits per heavy atom. The number of benzene rings is 1. The van der Waals surface area contributed by atoms with E-state index >= 15 is 0 Å². The second-order valence-electron chi connectivity index (χ2n) is 15.5. The molecule has 0 bridgehead atoms. The summed E-state index contributed by atoms with van der Waals surface area (Å²) < 4.78 is 13.3. The highest BCUT2D eigenvalue weighted by Crippen LogP contribution is 2.32. The molecule has 5 aromatic heterocycles. The van der Waals surface area contributed by atoms with Crippen LogP contribution in [-0.4, -0.2) is 119 Å². The lowest BCUT2D eigenvalue weighted by Gasteiger charge is -2.18. The summed E-state index contributed by atoms with van der Waals surface area (Å²) in [5, 5.41) is 18.0. The number of primary amides is 2. The molecule has 0 spiro atoms. The number of carbonyl (C=O) groups excluding carboxylic acids is 4. The molecular formula is C42H54N16O5. The number of likely N-dealkylation sites (tertiary alicyclic amines) is 1. The molecule has 0 radical (unpaired) electrons. The Hall–Kier alpha value is -7.13. The number of aryl methyl sites for hydroxylation is 4. The minimum atomic E-state index is -0.633. The van der Waals surface area contributed by atoms with E-state index in [1.165, 1.54) is 6.20 Å². The number of hydrogen-bond donors (Lipinski definition) is 6. The third-order valence-electron chi connectivity index (χ3n) is 11.3. The molecule has 8 rings (SSSR count). The maximum Gasteiger partial charge on any atom is 0.276 e. The smallest absolute Gasteiger partial charge is 0.276 e. The summed E-state index contributed by atoms with van der Waals surface area (Å²) in [4.78, 5) is 64.2. The first-order valence-corrected chi connectivity index (χ1v) is 20.9. The van der Waals surface area contributed by atoms with Crippen molar-refractivity contribution >= 4 is 63.8 Å². The number of anilines is 3. The van der Waals surface area contributed by atoms with Crippen LogP contribution in [0, 0.1) is 25.7 Å². The van der Waals surface area contributed by atoms with Gasteiger partial charge in [-0.3, -0.25) is 43.3 Å². The van der Waals surface area contributed by atoms with Crippen molar-refractivity contribution in [2.75, 3.05) is 62.7 Å². The summed E-state index contributed by atoms with van der Waals surface area (Å²) in [6, 6.07) is 6.61. The molecule has 2 saturated heterocycles. The summed E-state index contributed by atoms with van der Waals surface area (Å²) in [6.45, 7) is 14.7. The molecule has 21 nitrogen and oxygen atoms in total. The summed E-state index contributed by atoms with van der Waals surface area (Å²) in [7, 11) is 1.78. The summed E-state index contributed by atoms with van der Waals surface area (Å²) in [5.41, 5.74) is 22.2. The molecule has 332 valence electrons. The highest BCUT2D eigenvalue weighted by Gasteiger charge is 2.35. The van der Waals surface area contributed by atoms with Crippen molar-refractivity contribution in [2.45, 2.75) is 53.9 Å². The average Bonchev–Trinajstić information content (AvgIpc) is 4.12. The van der Waals surface area contributed by atoms with E-state index in [2.05, 4.69) is 41.0 Å². The van der Waals surface area contributed by atoms with Crippen molar-refractivity contribution in [1.29, 1.82) is 0 Å². The maximum atomic E-state index is 13.4. The van der Waals surface area contributed by atoms with Crippen molar-refractivity contribution in [2.24, 2.45) is 23.3 Å². The number of hydrogen-bond acceptors (Lipinski definition) is 14. The van der Waals surface area contributed by atoms with Crippen LogP contribution in [0.15, 0.2) is 42.6 Å². The number of pyridine rings is 1. The van der Waals surface area contributed by atoms with Gasteiger partial charge in [0.2, 0.25) is 23.7 Å². The molecule has 63 heavy (non-hydrogen) atoms. The lowest BCUT2D eigenvalue weighted by Crippen LogP contribution is -2.29. The van der Waals surface area contributed by atoms with E-state index in [0.717, 1.165) is 50.2 Å². The molecule has 9 N–H and O–H groups in total. The first kappa shape index (κ1) is 43.9. The van der Waals surface area contributed by atoms with Gasteiger partial charge in [0.05, 0.1) is 28.2 Å². The fourth-order valence-corrected chi connectivity index (χ4v) is 8.16. The van der Waals surface area contributed by atoms with Gasteiger partial charge >= 0.3 is 0 Å². The molecule has 2 aliphatic heterocycles. The van der Waals surface area contributed by atoms with Gasteiger partial charge < -0.3 is 37.1 Å². The Morgan fingerprint density at radius 1 is 0.889 bits per heavy atom. The minimum Gasteiger partial charge on any atom is -0.490 e. The number of fused-ring (bicyclic) bond motifs is 3. The zero-order valence-electron chi connectivity index (χ0n) is 36.1. The van der Waals surface area contributed by atoms with E-state index in [4.69, 9.17) is 26.9 Å². The molecule has 0 saturated carbocycles. The second-order valence-corrected chi connectivity index (χ2v) is 15.5. The highest BCUT2D eigenvalue weighted by molar-refractivity contribution is 6.03. The number of amides is 3. The molecule has 1 aromatic carbocycles. The topological polar surface area (TPSA) is 279 Å². The molecule has 0 aliphatic carbocycles. The van der Waals surface area contributed by atoms with Crippen molar-refractivity contribution < 1.29 is 23.9 Å². The van der Waals surface area contributed by atoms with E-state index in [0.29, 0.717) is 94.8 Å². The normalized spacial score (nSPS) is 16.1. The lowest BCUT2D eigenvalue weighted by molar-refractivity contribution is 0.0991. The number of imidazole rings is 2. The number of nitrogens with one attached hydrogen (secondary N) is 3. The molecule has 2 aliphatic rings. The third-order valence-corrected chi connectivity index (χ3v) is 11.3. The zero-order chi connectivity index (χ0) is 44.9. The van der Waals surface area contributed by atoms with Gasteiger partial charge in [-0.25, -0.2) is 15.0 Å². The average molecular weight is 863 g/mol. The fraction of sp³-hybridized carbons (Fsp3) is 0.405. The van der Waals surface area contributed by atoms with E-state index in [1.807, 2.05) is 37.5 Å². The number of nitrogens with zero attached hydrogens (tertiary/aromatic N) is 10. The summed E-state index contributed by atoms with van der Waals surface area (Å²) in [6.07, 6.45) is 6.00. The van der Waals surface area contributed by atoms with Gasteiger partial charge in [0.25, 0.3) is 5.91 Å². The Labute approximate surface area is 363 Å². The van der Waals surface area contributed by atoms with E-state index in [1.54, 1.807) is 52.2 Å². The van der Waals surface area contributed by atoms with Crippen LogP contribution in [0.4, 0.5) is 17.6 Å². The van der Waals surface area contributed by atoms with Crippen LogP contribution < -0.4 is 37.9 Å². The number of ether oxygens (including phenoxy) is 1. The standard InChI is InChI=1S/C35H43N13O4.C7H11N3O/c1-4-48-27(11-20(2)44-48)33(51)43-35-42-26-13-22(31(37)50)17-40-32(26)47(35)8-6-5-7-46-29-25(41-34(46)38-3)12-21(30(36)49)14-28(29)52-10-9-45-18-23-15-39-16-24(23)19-45;1-3-10-6(4-11)7(8)5(2)9-10/h5-6,11-14,17,23-24,39H,4,7-10,15-16,18-19H2,1-3H3,(H2,36,49)(H2,37,50)(H,38,41)(H,42,43,51);4H,3,8H2,1-2H3/b6-5+;. The summed E-state index contributed by atoms with van der Waals surface area (Å²) >= 11 is 0. The maximum absolute atomic E-state index is 13.4. The molecule has 3 amide bonds. The van der Waals surface area contributed by atoms with Crippen LogP contribution in [-0.2, 0) is 26.2 Å². The Bertz CT molecular complexity index is 2700. The van der Waals surface area contributed by atoms with E-state index in [9.17, 15) is 19.2 Å². The molecule has 2 fully saturated rings. The Kier molecular flexibility index (Phi) is 13.2. The molecule has 2 atom stereocenters. The zero-order valence-corrected chi connectivity index (χ0v) is 36.1. The van der Waals surface area contributed by atoms with E-state index < -0.39 is 11.8 Å². The monoisotopic (exact) mass is 862 g/mol. The fourth-order valence-electron chi connectivity index (χ4n) is 8.16. The number of allylic oxidation sites excluding steroid dienone is 2. The van der Waals surface area contributed by atoms with Gasteiger partial charge in [0.1, 0.15) is 34.8 Å². The molecule has 7 heterocycles. The predicted molar refractivity (Wildman–Crippen MR) is 238 cm³/mol. The van der Waals surface area contributed by atoms with Crippen LogP contribution in [0.25, 0.3) is 22.2 Å². The van der Waals surface area contributed by atoms with Crippen LogP contribution >= 0.6 is 0 Å². The van der Waals surface area contributed by atoms with Crippen molar-refractivity contribution in [3.8, 4) is 5.75 Å². The molecule has 21 heteroatoms. The summed E-state index contributed by atoms with van der Waals surface area (Å²) in [5.74, 6) is 1.14. The van der Waals surface area contributed by atoms with Crippen molar-refractivity contribution in [3.63, 3.8) is 0 Å². The number of carbonyl (C=O) groups is 4. The Balaban J connectivity index is 0.000000473. The first-order valence-electron chi connectivity index (χ1n) is 20.9. The van der Waals surface area contributed by atoms with Crippen molar-refractivity contribution in [1.82, 2.24) is 53.9 Å². The number of aromatic nitrogens is 9. The van der Waals surface area contributed by atoms with Crippen molar-refractivity contribution in [3.05, 3.63) is 76.5 Å². The number of nitrogen functional groups attached to an aromatic ring is 1. The number of nitrogens with two attached hydrogens (primary N) is 3. The van der Waals surface area contributed by atoms with Gasteiger partial charge in [-0.1, -0.05) is 12.2 Å². The molecular weight excluding hydrogens is 809 g/mol. The number of aldehydes is 1. The minimum absolute atomic E-state index is 0.203.